The number of halogens is 1. The van der Waals surface area contributed by atoms with E-state index in [1.54, 1.807) is 0 Å². The van der Waals surface area contributed by atoms with Crippen LogP contribution in [0.5, 0.6) is 0 Å². The van der Waals surface area contributed by atoms with Crippen molar-refractivity contribution in [3.8, 4) is 0 Å². The predicted octanol–water partition coefficient (Wildman–Crippen LogP) is -0.729. The number of aliphatic carboxylic acids is 1. The van der Waals surface area contributed by atoms with Crippen LogP contribution in [0.1, 0.15) is 27.2 Å². The summed E-state index contributed by atoms with van der Waals surface area (Å²) in [5.41, 5.74) is -0.322. The van der Waals surface area contributed by atoms with Crippen molar-refractivity contribution >= 4 is 30.2 Å². The van der Waals surface area contributed by atoms with Crippen molar-refractivity contribution in [2.75, 3.05) is 19.6 Å². The Morgan fingerprint density at radius 2 is 2.00 bits per heavy atom. The fourth-order valence-electron chi connectivity index (χ4n) is 1.99. The van der Waals surface area contributed by atoms with Crippen LogP contribution in [0.15, 0.2) is 0 Å². The Hall–Kier alpha value is -1.38. The van der Waals surface area contributed by atoms with E-state index in [9.17, 15) is 14.4 Å². The predicted molar refractivity (Wildman–Crippen MR) is 81.9 cm³/mol. The van der Waals surface area contributed by atoms with Crippen LogP contribution in [0.4, 0.5) is 0 Å². The van der Waals surface area contributed by atoms with Gasteiger partial charge in [-0.3, -0.25) is 14.4 Å². The van der Waals surface area contributed by atoms with Gasteiger partial charge in [-0.25, -0.2) is 0 Å². The lowest BCUT2D eigenvalue weighted by Crippen LogP contribution is -2.52. The van der Waals surface area contributed by atoms with Crippen LogP contribution >= 0.6 is 12.4 Å². The van der Waals surface area contributed by atoms with Gasteiger partial charge in [0, 0.05) is 13.1 Å². The fraction of sp³-hybridized carbons (Fsp3) is 0.769. The maximum Gasteiger partial charge on any atom is 0.325 e. The summed E-state index contributed by atoms with van der Waals surface area (Å²) >= 11 is 0. The Labute approximate surface area is 135 Å². The summed E-state index contributed by atoms with van der Waals surface area (Å²) in [6.45, 7) is 6.28. The van der Waals surface area contributed by atoms with Gasteiger partial charge in [0.15, 0.2) is 0 Å². The average molecular weight is 338 g/mol. The number of ether oxygens (including phenoxy) is 1. The number of hydrogen-bond donors (Lipinski definition) is 4. The molecule has 0 saturated carbocycles. The van der Waals surface area contributed by atoms with Gasteiger partial charge in [0.2, 0.25) is 11.8 Å². The zero-order chi connectivity index (χ0) is 16.0. The molecule has 8 nitrogen and oxygen atoms in total. The van der Waals surface area contributed by atoms with Crippen molar-refractivity contribution in [2.24, 2.45) is 0 Å². The third-order valence-electron chi connectivity index (χ3n) is 3.02. The van der Waals surface area contributed by atoms with Crippen LogP contribution in [-0.2, 0) is 19.1 Å². The summed E-state index contributed by atoms with van der Waals surface area (Å²) in [4.78, 5) is 33.7. The summed E-state index contributed by atoms with van der Waals surface area (Å²) in [6.07, 6.45) is -0.0900. The highest BCUT2D eigenvalue weighted by Crippen LogP contribution is 2.16. The second-order valence-corrected chi connectivity index (χ2v) is 5.74. The van der Waals surface area contributed by atoms with Crippen LogP contribution in [0.2, 0.25) is 0 Å². The molecule has 128 valence electrons. The first kappa shape index (κ1) is 20.6. The van der Waals surface area contributed by atoms with Gasteiger partial charge in [0.1, 0.15) is 6.04 Å². The van der Waals surface area contributed by atoms with Gasteiger partial charge in [-0.15, -0.1) is 12.4 Å². The minimum atomic E-state index is -1.13. The molecule has 0 spiro atoms. The zero-order valence-corrected chi connectivity index (χ0v) is 13.8. The number of morpholine rings is 1. The lowest BCUT2D eigenvalue weighted by Gasteiger charge is -2.36. The third kappa shape index (κ3) is 7.58. The summed E-state index contributed by atoms with van der Waals surface area (Å²) in [6, 6.07) is -0.985. The molecule has 0 radical (unpaired) electrons. The summed E-state index contributed by atoms with van der Waals surface area (Å²) in [5.74, 6) is -1.97. The molecule has 1 aliphatic rings. The minimum absolute atomic E-state index is 0. The Morgan fingerprint density at radius 1 is 1.36 bits per heavy atom. The topological polar surface area (TPSA) is 117 Å². The van der Waals surface area contributed by atoms with Crippen LogP contribution in [-0.4, -0.2) is 60.3 Å². The van der Waals surface area contributed by atoms with Gasteiger partial charge in [-0.05, 0) is 20.8 Å². The monoisotopic (exact) mass is 337 g/mol. The first-order valence-electron chi connectivity index (χ1n) is 6.87. The van der Waals surface area contributed by atoms with Crippen molar-refractivity contribution < 1.29 is 24.2 Å². The smallest absolute Gasteiger partial charge is 0.325 e. The van der Waals surface area contributed by atoms with E-state index in [-0.39, 0.29) is 43.0 Å². The number of carbonyl (C=O) groups is 3. The van der Waals surface area contributed by atoms with Crippen molar-refractivity contribution in [3.05, 3.63) is 0 Å². The number of carboxylic acids is 1. The maximum atomic E-state index is 11.7. The molecule has 1 fully saturated rings. The quantitative estimate of drug-likeness (QED) is 0.508. The van der Waals surface area contributed by atoms with Crippen molar-refractivity contribution in [2.45, 2.75) is 44.9 Å². The number of amides is 2. The Balaban J connectivity index is 0.00000441. The molecule has 2 atom stereocenters. The van der Waals surface area contributed by atoms with E-state index in [2.05, 4.69) is 16.0 Å². The molecule has 0 aliphatic carbocycles. The Morgan fingerprint density at radius 3 is 2.55 bits per heavy atom. The van der Waals surface area contributed by atoms with E-state index >= 15 is 0 Å². The van der Waals surface area contributed by atoms with Crippen LogP contribution in [0, 0.1) is 0 Å². The molecular formula is C13H24ClN3O5. The van der Waals surface area contributed by atoms with E-state index in [1.165, 1.54) is 6.92 Å². The minimum Gasteiger partial charge on any atom is -0.480 e. The molecule has 1 saturated heterocycles. The molecule has 9 heteroatoms. The normalized spacial score (nSPS) is 21.1. The maximum absolute atomic E-state index is 11.7. The van der Waals surface area contributed by atoms with Crippen molar-refractivity contribution in [1.29, 1.82) is 0 Å². The van der Waals surface area contributed by atoms with E-state index in [4.69, 9.17) is 9.84 Å². The number of carboxylic acid groups (broad SMARTS) is 1. The zero-order valence-electron chi connectivity index (χ0n) is 13.0. The van der Waals surface area contributed by atoms with Crippen LogP contribution in [0.25, 0.3) is 0 Å². The van der Waals surface area contributed by atoms with E-state index < -0.39 is 17.9 Å². The highest BCUT2D eigenvalue weighted by atomic mass is 35.5. The van der Waals surface area contributed by atoms with Crippen LogP contribution < -0.4 is 16.0 Å². The van der Waals surface area contributed by atoms with Gasteiger partial charge in [0.05, 0.1) is 24.7 Å². The Bertz CT molecular complexity index is 416. The van der Waals surface area contributed by atoms with Gasteiger partial charge >= 0.3 is 5.97 Å². The molecule has 1 rings (SSSR count). The number of rotatable bonds is 6. The van der Waals surface area contributed by atoms with E-state index in [1.807, 2.05) is 13.8 Å². The SMILES string of the molecule is C[C@H](NC(=O)CNC(=O)CC1CNCC(C)(C)O1)C(=O)O.Cl. The van der Waals surface area contributed by atoms with Gasteiger partial charge in [-0.2, -0.15) is 0 Å². The highest BCUT2D eigenvalue weighted by Gasteiger charge is 2.29. The number of nitrogens with one attached hydrogen (secondary N) is 3. The fourth-order valence-corrected chi connectivity index (χ4v) is 1.99. The molecule has 0 bridgehead atoms. The summed E-state index contributed by atoms with van der Waals surface area (Å²) in [7, 11) is 0. The highest BCUT2D eigenvalue weighted by molar-refractivity contribution is 5.87. The van der Waals surface area contributed by atoms with Crippen LogP contribution in [0.3, 0.4) is 0 Å². The van der Waals surface area contributed by atoms with Gasteiger partial charge in [0.25, 0.3) is 0 Å². The van der Waals surface area contributed by atoms with E-state index in [0.29, 0.717) is 6.54 Å². The molecule has 0 aromatic carbocycles. The second kappa shape index (κ2) is 8.92. The van der Waals surface area contributed by atoms with E-state index in [0.717, 1.165) is 6.54 Å². The second-order valence-electron chi connectivity index (χ2n) is 5.74. The summed E-state index contributed by atoms with van der Waals surface area (Å²) < 4.78 is 5.75. The largest absolute Gasteiger partial charge is 0.480 e. The molecule has 2 amide bonds. The molecule has 1 aliphatic heterocycles. The van der Waals surface area contributed by atoms with Crippen molar-refractivity contribution in [3.63, 3.8) is 0 Å². The average Bonchev–Trinajstić information content (AvgIpc) is 2.35. The molecular weight excluding hydrogens is 314 g/mol. The lowest BCUT2D eigenvalue weighted by molar-refractivity contribution is -0.141. The third-order valence-corrected chi connectivity index (χ3v) is 3.02. The standard InChI is InChI=1S/C13H23N3O5.ClH/c1-8(12(19)20)16-11(18)6-15-10(17)4-9-5-14-7-13(2,3)21-9;/h8-9,14H,4-7H2,1-3H3,(H,15,17)(H,16,18)(H,19,20);1H/t8-,9?;/m0./s1. The molecule has 22 heavy (non-hydrogen) atoms. The lowest BCUT2D eigenvalue weighted by atomic mass is 10.1. The van der Waals surface area contributed by atoms with Gasteiger partial charge in [-0.1, -0.05) is 0 Å². The molecule has 0 aromatic heterocycles. The number of carbonyl (C=O) groups excluding carboxylic acids is 2. The van der Waals surface area contributed by atoms with Gasteiger partial charge < -0.3 is 25.8 Å². The molecule has 1 unspecified atom stereocenters. The molecule has 1 heterocycles. The first-order chi connectivity index (χ1) is 9.69. The van der Waals surface area contributed by atoms with Crippen molar-refractivity contribution in [1.82, 2.24) is 16.0 Å². The number of hydrogen-bond acceptors (Lipinski definition) is 5. The first-order valence-corrected chi connectivity index (χ1v) is 6.87. The molecule has 0 aromatic rings. The molecule has 4 N–H and O–H groups in total. The summed E-state index contributed by atoms with van der Waals surface area (Å²) in [5, 5.41) is 16.5. The Kier molecular flexibility index (Phi) is 8.36.